The molecule has 2 rings (SSSR count). The van der Waals surface area contributed by atoms with Gasteiger partial charge in [0, 0.05) is 12.8 Å². The number of cyclic esters (lactones) is 2. The minimum atomic E-state index is -1.00. The van der Waals surface area contributed by atoms with Gasteiger partial charge in [0.1, 0.15) is 11.5 Å². The average molecular weight is 184 g/mol. The van der Waals surface area contributed by atoms with Crippen molar-refractivity contribution >= 4 is 12.3 Å². The molecule has 13 heavy (non-hydrogen) atoms. The highest BCUT2D eigenvalue weighted by Crippen LogP contribution is 2.28. The van der Waals surface area contributed by atoms with E-state index in [-0.39, 0.29) is 0 Å². The van der Waals surface area contributed by atoms with E-state index in [2.05, 4.69) is 4.74 Å². The Morgan fingerprint density at radius 3 is 1.69 bits per heavy atom. The summed E-state index contributed by atoms with van der Waals surface area (Å²) < 4.78 is 13.7. The lowest BCUT2D eigenvalue weighted by atomic mass is 10.0. The number of carbonyl (C=O) groups is 2. The fraction of sp³-hybridized carbons (Fsp3) is 0.500. The maximum absolute atomic E-state index is 10.8. The number of rotatable bonds is 0. The molecule has 0 aromatic heterocycles. The zero-order valence-electron chi connectivity index (χ0n) is 6.87. The van der Waals surface area contributed by atoms with Crippen LogP contribution >= 0.6 is 0 Å². The molecule has 0 aromatic rings. The predicted octanol–water partition coefficient (Wildman–Crippen LogP) is 2.08. The second-order valence-corrected chi connectivity index (χ2v) is 2.86. The molecule has 0 saturated heterocycles. The van der Waals surface area contributed by atoms with Crippen LogP contribution in [0.3, 0.4) is 0 Å². The molecule has 0 saturated carbocycles. The van der Waals surface area contributed by atoms with E-state index < -0.39 is 12.3 Å². The van der Waals surface area contributed by atoms with Gasteiger partial charge >= 0.3 is 12.3 Å². The zero-order valence-corrected chi connectivity index (χ0v) is 6.87. The Hall–Kier alpha value is -1.52. The van der Waals surface area contributed by atoms with Crippen LogP contribution in [0.4, 0.5) is 9.59 Å². The second-order valence-electron chi connectivity index (χ2n) is 2.86. The highest BCUT2D eigenvalue weighted by Gasteiger charge is 2.27. The van der Waals surface area contributed by atoms with Gasteiger partial charge in [0.15, 0.2) is 0 Å². The van der Waals surface area contributed by atoms with Crippen molar-refractivity contribution in [1.82, 2.24) is 0 Å². The van der Waals surface area contributed by atoms with Gasteiger partial charge in [0.05, 0.1) is 0 Å². The van der Waals surface area contributed by atoms with Crippen molar-refractivity contribution < 1.29 is 23.8 Å². The van der Waals surface area contributed by atoms with Gasteiger partial charge in [-0.05, 0) is 12.8 Å². The Kier molecular flexibility index (Phi) is 1.92. The minimum absolute atomic E-state index is 0.433. The molecule has 0 spiro atoms. The number of hydrogen-bond acceptors (Lipinski definition) is 5. The highest BCUT2D eigenvalue weighted by atomic mass is 16.8. The fourth-order valence-corrected chi connectivity index (χ4v) is 1.38. The number of hydrogen-bond donors (Lipinski definition) is 0. The van der Waals surface area contributed by atoms with E-state index in [9.17, 15) is 9.59 Å². The third kappa shape index (κ3) is 1.63. The van der Waals surface area contributed by atoms with E-state index in [1.807, 2.05) is 0 Å². The molecule has 0 N–H and O–H groups in total. The summed E-state index contributed by atoms with van der Waals surface area (Å²) in [4.78, 5) is 21.5. The van der Waals surface area contributed by atoms with E-state index in [1.165, 1.54) is 0 Å². The predicted molar refractivity (Wildman–Crippen MR) is 39.5 cm³/mol. The summed E-state index contributed by atoms with van der Waals surface area (Å²) in [5.74, 6) is 0.865. The Balaban J connectivity index is 2.25. The van der Waals surface area contributed by atoms with E-state index in [0.717, 1.165) is 12.8 Å². The quantitative estimate of drug-likeness (QED) is 0.426. The van der Waals surface area contributed by atoms with Gasteiger partial charge in [-0.1, -0.05) is 0 Å². The van der Waals surface area contributed by atoms with Gasteiger partial charge < -0.3 is 14.2 Å². The molecule has 2 aliphatic rings. The van der Waals surface area contributed by atoms with Crippen molar-refractivity contribution in [1.29, 1.82) is 0 Å². The van der Waals surface area contributed by atoms with Crippen molar-refractivity contribution in [3.8, 4) is 0 Å². The normalized spacial score (nSPS) is 22.5. The van der Waals surface area contributed by atoms with Crippen molar-refractivity contribution in [2.24, 2.45) is 0 Å². The van der Waals surface area contributed by atoms with Gasteiger partial charge in [-0.2, -0.15) is 0 Å². The molecule has 0 unspecified atom stereocenters. The molecule has 70 valence electrons. The van der Waals surface area contributed by atoms with Gasteiger partial charge in [0.25, 0.3) is 0 Å². The highest BCUT2D eigenvalue weighted by molar-refractivity contribution is 5.79. The van der Waals surface area contributed by atoms with Crippen molar-refractivity contribution in [3.05, 3.63) is 11.5 Å². The molecule has 1 aliphatic heterocycles. The summed E-state index contributed by atoms with van der Waals surface area (Å²) >= 11 is 0. The van der Waals surface area contributed by atoms with Crippen LogP contribution in [0.5, 0.6) is 0 Å². The average Bonchev–Trinajstić information content (AvgIpc) is 2.20. The van der Waals surface area contributed by atoms with Crippen molar-refractivity contribution in [3.63, 3.8) is 0 Å². The smallest absolute Gasteiger partial charge is 0.396 e. The molecule has 0 fully saturated rings. The maximum atomic E-state index is 10.8. The Bertz CT molecular complexity index is 263. The SMILES string of the molecule is O=C1OC(=O)OC2=C(CCCC2)O1. The van der Waals surface area contributed by atoms with Crippen LogP contribution in [0.1, 0.15) is 25.7 Å². The summed E-state index contributed by atoms with van der Waals surface area (Å²) in [5.41, 5.74) is 0. The molecular weight excluding hydrogens is 176 g/mol. The molecule has 0 atom stereocenters. The van der Waals surface area contributed by atoms with Crippen molar-refractivity contribution in [2.75, 3.05) is 0 Å². The Morgan fingerprint density at radius 1 is 0.769 bits per heavy atom. The van der Waals surface area contributed by atoms with Crippen LogP contribution in [0.25, 0.3) is 0 Å². The first-order chi connectivity index (χ1) is 6.25. The van der Waals surface area contributed by atoms with Crippen LogP contribution < -0.4 is 0 Å². The lowest BCUT2D eigenvalue weighted by Gasteiger charge is -2.13. The van der Waals surface area contributed by atoms with Gasteiger partial charge in [-0.3, -0.25) is 0 Å². The van der Waals surface area contributed by atoms with E-state index in [0.29, 0.717) is 24.4 Å². The van der Waals surface area contributed by atoms with Crippen molar-refractivity contribution in [2.45, 2.75) is 25.7 Å². The van der Waals surface area contributed by atoms with E-state index >= 15 is 0 Å². The molecule has 1 aliphatic carbocycles. The van der Waals surface area contributed by atoms with Crippen LogP contribution in [-0.2, 0) is 14.2 Å². The summed E-state index contributed by atoms with van der Waals surface area (Å²) in [6, 6.07) is 0. The molecule has 0 aromatic carbocycles. The second kappa shape index (κ2) is 3.08. The lowest BCUT2D eigenvalue weighted by molar-refractivity contribution is 0.0779. The largest absolute Gasteiger partial charge is 0.523 e. The van der Waals surface area contributed by atoms with Gasteiger partial charge in [0.2, 0.25) is 0 Å². The third-order valence-corrected chi connectivity index (χ3v) is 1.95. The monoisotopic (exact) mass is 184 g/mol. The zero-order chi connectivity index (χ0) is 9.26. The molecule has 0 amide bonds. The standard InChI is InChI=1S/C8H8O5/c9-7-11-5-3-1-2-4-6(5)12-8(10)13-7/h1-4H2. The number of ether oxygens (including phenoxy) is 3. The first kappa shape index (κ1) is 8.10. The Labute approximate surface area is 74.3 Å². The van der Waals surface area contributed by atoms with Crippen LogP contribution in [0.15, 0.2) is 11.5 Å². The van der Waals surface area contributed by atoms with Crippen LogP contribution in [-0.4, -0.2) is 12.3 Å². The van der Waals surface area contributed by atoms with E-state index in [1.54, 1.807) is 0 Å². The minimum Gasteiger partial charge on any atom is -0.396 e. The summed E-state index contributed by atoms with van der Waals surface area (Å²) in [6.45, 7) is 0. The molecule has 1 heterocycles. The maximum Gasteiger partial charge on any atom is 0.523 e. The first-order valence-corrected chi connectivity index (χ1v) is 4.09. The first-order valence-electron chi connectivity index (χ1n) is 4.09. The summed E-state index contributed by atoms with van der Waals surface area (Å²) in [5, 5.41) is 0. The van der Waals surface area contributed by atoms with Crippen LogP contribution in [0.2, 0.25) is 0 Å². The van der Waals surface area contributed by atoms with Crippen LogP contribution in [0, 0.1) is 0 Å². The Morgan fingerprint density at radius 2 is 1.23 bits per heavy atom. The molecule has 0 bridgehead atoms. The van der Waals surface area contributed by atoms with Gasteiger partial charge in [-0.15, -0.1) is 0 Å². The molecule has 0 radical (unpaired) electrons. The topological polar surface area (TPSA) is 61.8 Å². The number of allylic oxidation sites excluding steroid dienone is 2. The third-order valence-electron chi connectivity index (χ3n) is 1.95. The summed E-state index contributed by atoms with van der Waals surface area (Å²) in [6.07, 6.45) is 1.11. The molecule has 5 heteroatoms. The fourth-order valence-electron chi connectivity index (χ4n) is 1.38. The number of carbonyl (C=O) groups excluding carboxylic acids is 2. The molecular formula is C8H8O5. The molecule has 5 nitrogen and oxygen atoms in total. The lowest BCUT2D eigenvalue weighted by Crippen LogP contribution is -2.09. The summed E-state index contributed by atoms with van der Waals surface area (Å²) in [7, 11) is 0. The van der Waals surface area contributed by atoms with E-state index in [4.69, 9.17) is 9.47 Å². The van der Waals surface area contributed by atoms with Gasteiger partial charge in [-0.25, -0.2) is 9.59 Å².